The van der Waals surface area contributed by atoms with Gasteiger partial charge in [-0.2, -0.15) is 0 Å². The van der Waals surface area contributed by atoms with Crippen LogP contribution in [0.5, 0.6) is 0 Å². The topological polar surface area (TPSA) is 99.8 Å². The van der Waals surface area contributed by atoms with Crippen LogP contribution in [-0.4, -0.2) is 61.0 Å². The maximum Gasteiger partial charge on any atom is 0.255 e. The van der Waals surface area contributed by atoms with Crippen LogP contribution in [0.15, 0.2) is 18.2 Å². The molecule has 150 valence electrons. The molecular formula is C20H26N4O4. The van der Waals surface area contributed by atoms with E-state index in [2.05, 4.69) is 16.0 Å². The molecule has 0 aromatic heterocycles. The molecular weight excluding hydrogens is 360 g/mol. The predicted molar refractivity (Wildman–Crippen MR) is 101 cm³/mol. The van der Waals surface area contributed by atoms with Crippen molar-refractivity contribution in [3.8, 4) is 0 Å². The van der Waals surface area contributed by atoms with Gasteiger partial charge in [-0.1, -0.05) is 12.1 Å². The van der Waals surface area contributed by atoms with Gasteiger partial charge in [-0.05, 0) is 36.6 Å². The van der Waals surface area contributed by atoms with E-state index in [9.17, 15) is 14.4 Å². The van der Waals surface area contributed by atoms with Crippen LogP contribution in [0, 0.1) is 0 Å². The van der Waals surface area contributed by atoms with Crippen LogP contribution in [0.25, 0.3) is 0 Å². The van der Waals surface area contributed by atoms with Gasteiger partial charge >= 0.3 is 0 Å². The molecule has 3 aliphatic heterocycles. The highest BCUT2D eigenvalue weighted by molar-refractivity contribution is 6.05. The van der Waals surface area contributed by atoms with Crippen LogP contribution in [-0.2, 0) is 27.4 Å². The summed E-state index contributed by atoms with van der Waals surface area (Å²) < 4.78 is 5.46. The number of amides is 3. The minimum absolute atomic E-state index is 0.132. The zero-order valence-corrected chi connectivity index (χ0v) is 15.8. The number of piperidine rings is 1. The lowest BCUT2D eigenvalue weighted by molar-refractivity contribution is -0.136. The second kappa shape index (κ2) is 8.38. The molecule has 2 atom stereocenters. The zero-order chi connectivity index (χ0) is 19.5. The lowest BCUT2D eigenvalue weighted by Gasteiger charge is -2.29. The van der Waals surface area contributed by atoms with Crippen molar-refractivity contribution >= 4 is 17.7 Å². The lowest BCUT2D eigenvalue weighted by atomic mass is 10.0. The molecule has 3 heterocycles. The number of carbonyl (C=O) groups is 3. The van der Waals surface area contributed by atoms with Crippen LogP contribution < -0.4 is 16.0 Å². The van der Waals surface area contributed by atoms with Crippen molar-refractivity contribution in [2.75, 3.05) is 26.3 Å². The van der Waals surface area contributed by atoms with Gasteiger partial charge in [0.1, 0.15) is 6.04 Å². The Hall–Kier alpha value is -2.29. The highest BCUT2D eigenvalue weighted by Crippen LogP contribution is 2.28. The number of morpholine rings is 1. The first-order valence-corrected chi connectivity index (χ1v) is 9.90. The third-order valence-electron chi connectivity index (χ3n) is 5.59. The Labute approximate surface area is 164 Å². The smallest absolute Gasteiger partial charge is 0.255 e. The fourth-order valence-electron chi connectivity index (χ4n) is 4.05. The Morgan fingerprint density at radius 2 is 2.14 bits per heavy atom. The summed E-state index contributed by atoms with van der Waals surface area (Å²) in [4.78, 5) is 37.7. The molecule has 8 heteroatoms. The van der Waals surface area contributed by atoms with Crippen molar-refractivity contribution in [1.29, 1.82) is 0 Å². The van der Waals surface area contributed by atoms with Gasteiger partial charge in [0, 0.05) is 37.7 Å². The molecule has 0 saturated carbocycles. The van der Waals surface area contributed by atoms with Crippen LogP contribution in [0.3, 0.4) is 0 Å². The average molecular weight is 386 g/mol. The van der Waals surface area contributed by atoms with E-state index >= 15 is 0 Å². The van der Waals surface area contributed by atoms with Crippen molar-refractivity contribution < 1.29 is 19.1 Å². The second-order valence-electron chi connectivity index (χ2n) is 7.58. The maximum absolute atomic E-state index is 12.7. The van der Waals surface area contributed by atoms with E-state index in [1.54, 1.807) is 4.90 Å². The number of nitrogens with zero attached hydrogens (tertiary/aromatic N) is 1. The maximum atomic E-state index is 12.7. The SMILES string of the molecule is O=C1CCC(N2Cc3cc(CNCCC4COCCN4)ccc3C2=O)C(=O)N1. The first kappa shape index (κ1) is 19.0. The normalized spacial score (nSPS) is 25.0. The number of rotatable bonds is 6. The van der Waals surface area contributed by atoms with E-state index in [4.69, 9.17) is 4.74 Å². The minimum atomic E-state index is -0.565. The Morgan fingerprint density at radius 3 is 2.93 bits per heavy atom. The summed E-state index contributed by atoms with van der Waals surface area (Å²) in [6.45, 7) is 4.49. The largest absolute Gasteiger partial charge is 0.379 e. The monoisotopic (exact) mass is 386 g/mol. The summed E-state index contributed by atoms with van der Waals surface area (Å²) in [7, 11) is 0. The minimum Gasteiger partial charge on any atom is -0.379 e. The molecule has 4 rings (SSSR count). The highest BCUT2D eigenvalue weighted by Gasteiger charge is 2.38. The van der Waals surface area contributed by atoms with Gasteiger partial charge in [0.25, 0.3) is 5.91 Å². The van der Waals surface area contributed by atoms with Crippen LogP contribution in [0.2, 0.25) is 0 Å². The molecule has 0 bridgehead atoms. The Morgan fingerprint density at radius 1 is 1.25 bits per heavy atom. The summed E-state index contributed by atoms with van der Waals surface area (Å²) in [5.74, 6) is -0.777. The third kappa shape index (κ3) is 4.09. The zero-order valence-electron chi connectivity index (χ0n) is 15.8. The molecule has 8 nitrogen and oxygen atoms in total. The van der Waals surface area contributed by atoms with Crippen LogP contribution in [0.1, 0.15) is 40.7 Å². The van der Waals surface area contributed by atoms with E-state index in [0.717, 1.165) is 50.4 Å². The Bertz CT molecular complexity index is 775. The van der Waals surface area contributed by atoms with Crippen molar-refractivity contribution in [2.24, 2.45) is 0 Å². The quantitative estimate of drug-likeness (QED) is 0.467. The fourth-order valence-corrected chi connectivity index (χ4v) is 4.05. The van der Waals surface area contributed by atoms with Gasteiger partial charge in [-0.15, -0.1) is 0 Å². The van der Waals surface area contributed by atoms with Gasteiger partial charge in [-0.25, -0.2) is 0 Å². The summed E-state index contributed by atoms with van der Waals surface area (Å²) in [6, 6.07) is 5.68. The first-order chi connectivity index (χ1) is 13.6. The molecule has 2 saturated heterocycles. The number of carbonyl (C=O) groups excluding carboxylic acids is 3. The van der Waals surface area contributed by atoms with Gasteiger partial charge < -0.3 is 20.3 Å². The molecule has 2 unspecified atom stereocenters. The van der Waals surface area contributed by atoms with E-state index < -0.39 is 6.04 Å². The Kier molecular flexibility index (Phi) is 5.70. The fraction of sp³-hybridized carbons (Fsp3) is 0.550. The molecule has 1 aromatic rings. The molecule has 2 fully saturated rings. The molecule has 3 amide bonds. The summed E-state index contributed by atoms with van der Waals surface area (Å²) in [5, 5.41) is 9.21. The molecule has 28 heavy (non-hydrogen) atoms. The standard InChI is InChI=1S/C20H26N4O4/c25-18-4-3-17(19(26)23-18)24-11-14-9-13(1-2-16(14)20(24)27)10-21-6-5-15-12-28-8-7-22-15/h1-2,9,15,17,21-22H,3-8,10-12H2,(H,23,25,26). The average Bonchev–Trinajstić information content (AvgIpc) is 3.02. The third-order valence-corrected chi connectivity index (χ3v) is 5.59. The van der Waals surface area contributed by atoms with E-state index in [-0.39, 0.29) is 24.1 Å². The highest BCUT2D eigenvalue weighted by atomic mass is 16.5. The molecule has 0 aliphatic carbocycles. The van der Waals surface area contributed by atoms with E-state index in [0.29, 0.717) is 24.6 Å². The number of nitrogens with one attached hydrogen (secondary N) is 3. The number of ether oxygens (including phenoxy) is 1. The van der Waals surface area contributed by atoms with E-state index in [1.165, 1.54) is 0 Å². The number of imide groups is 1. The van der Waals surface area contributed by atoms with Crippen LogP contribution in [0.4, 0.5) is 0 Å². The molecule has 0 spiro atoms. The molecule has 3 N–H and O–H groups in total. The first-order valence-electron chi connectivity index (χ1n) is 9.90. The van der Waals surface area contributed by atoms with Gasteiger partial charge in [-0.3, -0.25) is 19.7 Å². The van der Waals surface area contributed by atoms with Crippen molar-refractivity contribution in [1.82, 2.24) is 20.9 Å². The lowest BCUT2D eigenvalue weighted by Crippen LogP contribution is -2.52. The molecule has 1 aromatic carbocycles. The molecule has 0 radical (unpaired) electrons. The van der Waals surface area contributed by atoms with Crippen molar-refractivity contribution in [3.63, 3.8) is 0 Å². The van der Waals surface area contributed by atoms with Gasteiger partial charge in [0.05, 0.1) is 13.2 Å². The summed E-state index contributed by atoms with van der Waals surface area (Å²) >= 11 is 0. The predicted octanol–water partition coefficient (Wildman–Crippen LogP) is -0.0843. The van der Waals surface area contributed by atoms with Crippen molar-refractivity contribution in [3.05, 3.63) is 34.9 Å². The van der Waals surface area contributed by atoms with Crippen molar-refractivity contribution in [2.45, 2.75) is 44.4 Å². The molecule has 3 aliphatic rings. The van der Waals surface area contributed by atoms with Gasteiger partial charge in [0.2, 0.25) is 11.8 Å². The summed E-state index contributed by atoms with van der Waals surface area (Å²) in [5.41, 5.74) is 2.71. The summed E-state index contributed by atoms with van der Waals surface area (Å²) in [6.07, 6.45) is 1.66. The number of hydrogen-bond donors (Lipinski definition) is 3. The van der Waals surface area contributed by atoms with E-state index in [1.807, 2.05) is 18.2 Å². The van der Waals surface area contributed by atoms with Crippen LogP contribution >= 0.6 is 0 Å². The number of hydrogen-bond acceptors (Lipinski definition) is 6. The van der Waals surface area contributed by atoms with Gasteiger partial charge in [0.15, 0.2) is 0 Å². The Balaban J connectivity index is 1.32. The number of fused-ring (bicyclic) bond motifs is 1. The number of benzene rings is 1. The second-order valence-corrected chi connectivity index (χ2v) is 7.58.